The standard InChI is InChI=1S/C16H25N5O3/c1-20(2)7-5-17-16(22)13-8-11-12(24-13)4-6-21(11)14-9-15(23-3)19-10-18-14/h9-13H,4-8H2,1-3H3,(H,17,22)/t11?,12?,13-/m1/s1. The van der Waals surface area contributed by atoms with Gasteiger partial charge in [-0.05, 0) is 20.5 Å². The summed E-state index contributed by atoms with van der Waals surface area (Å²) >= 11 is 0. The lowest BCUT2D eigenvalue weighted by atomic mass is 10.1. The number of anilines is 1. The van der Waals surface area contributed by atoms with Crippen LogP contribution in [0.2, 0.25) is 0 Å². The number of ether oxygens (including phenoxy) is 2. The van der Waals surface area contributed by atoms with Crippen LogP contribution in [0.3, 0.4) is 0 Å². The van der Waals surface area contributed by atoms with Gasteiger partial charge < -0.3 is 24.6 Å². The van der Waals surface area contributed by atoms with Gasteiger partial charge in [-0.3, -0.25) is 4.79 Å². The van der Waals surface area contributed by atoms with Crippen LogP contribution < -0.4 is 15.0 Å². The average Bonchev–Trinajstić information content (AvgIpc) is 3.14. The summed E-state index contributed by atoms with van der Waals surface area (Å²) in [5.74, 6) is 1.35. The largest absolute Gasteiger partial charge is 0.481 e. The van der Waals surface area contributed by atoms with Gasteiger partial charge in [0.25, 0.3) is 0 Å². The van der Waals surface area contributed by atoms with E-state index in [0.717, 1.165) is 25.3 Å². The minimum Gasteiger partial charge on any atom is -0.481 e. The van der Waals surface area contributed by atoms with E-state index in [2.05, 4.69) is 20.2 Å². The number of hydrogen-bond donors (Lipinski definition) is 1. The first-order valence-electron chi connectivity index (χ1n) is 8.29. The Bertz CT molecular complexity index is 583. The van der Waals surface area contributed by atoms with Crippen molar-refractivity contribution in [1.82, 2.24) is 20.2 Å². The molecule has 1 aromatic heterocycles. The first-order chi connectivity index (χ1) is 11.6. The number of amides is 1. The summed E-state index contributed by atoms with van der Waals surface area (Å²) in [5.41, 5.74) is 0. The fraction of sp³-hybridized carbons (Fsp3) is 0.688. The third-order valence-corrected chi connectivity index (χ3v) is 4.56. The molecule has 2 unspecified atom stereocenters. The van der Waals surface area contributed by atoms with E-state index in [1.165, 1.54) is 6.33 Å². The quantitative estimate of drug-likeness (QED) is 0.777. The van der Waals surface area contributed by atoms with Crippen molar-refractivity contribution in [2.24, 2.45) is 0 Å². The molecule has 3 atom stereocenters. The van der Waals surface area contributed by atoms with Crippen LogP contribution in [0.5, 0.6) is 5.88 Å². The Morgan fingerprint density at radius 1 is 1.50 bits per heavy atom. The molecule has 2 aliphatic rings. The number of nitrogens with one attached hydrogen (secondary N) is 1. The van der Waals surface area contributed by atoms with Crippen molar-refractivity contribution in [2.45, 2.75) is 31.1 Å². The van der Waals surface area contributed by atoms with Crippen LogP contribution in [-0.4, -0.2) is 79.9 Å². The van der Waals surface area contributed by atoms with Gasteiger partial charge in [-0.15, -0.1) is 0 Å². The molecule has 2 aliphatic heterocycles. The first-order valence-corrected chi connectivity index (χ1v) is 8.29. The number of nitrogens with zero attached hydrogens (tertiary/aromatic N) is 4. The van der Waals surface area contributed by atoms with Gasteiger partial charge in [0.2, 0.25) is 11.8 Å². The van der Waals surface area contributed by atoms with Crippen LogP contribution in [0, 0.1) is 0 Å². The zero-order chi connectivity index (χ0) is 17.1. The molecule has 3 rings (SSSR count). The number of aromatic nitrogens is 2. The number of fused-ring (bicyclic) bond motifs is 1. The highest BCUT2D eigenvalue weighted by molar-refractivity contribution is 5.81. The molecule has 24 heavy (non-hydrogen) atoms. The third-order valence-electron chi connectivity index (χ3n) is 4.56. The minimum absolute atomic E-state index is 0.0218. The smallest absolute Gasteiger partial charge is 0.249 e. The van der Waals surface area contributed by atoms with Gasteiger partial charge in [-0.1, -0.05) is 0 Å². The second-order valence-corrected chi connectivity index (χ2v) is 6.46. The van der Waals surface area contributed by atoms with Crippen LogP contribution in [0.15, 0.2) is 12.4 Å². The van der Waals surface area contributed by atoms with Gasteiger partial charge in [0.15, 0.2) is 0 Å². The predicted octanol–water partition coefficient (Wildman–Crippen LogP) is -0.101. The Morgan fingerprint density at radius 2 is 2.33 bits per heavy atom. The van der Waals surface area contributed by atoms with E-state index in [1.807, 2.05) is 25.1 Å². The Kier molecular flexibility index (Phi) is 5.15. The van der Waals surface area contributed by atoms with Gasteiger partial charge in [-0.25, -0.2) is 9.97 Å². The lowest BCUT2D eigenvalue weighted by molar-refractivity contribution is -0.132. The van der Waals surface area contributed by atoms with Crippen LogP contribution in [0.4, 0.5) is 5.82 Å². The maximum atomic E-state index is 12.3. The lowest BCUT2D eigenvalue weighted by Gasteiger charge is -2.24. The van der Waals surface area contributed by atoms with Crippen molar-refractivity contribution in [1.29, 1.82) is 0 Å². The normalized spacial score (nSPS) is 25.8. The topological polar surface area (TPSA) is 79.8 Å². The molecule has 1 N–H and O–H groups in total. The summed E-state index contributed by atoms with van der Waals surface area (Å²) in [6, 6.07) is 2.00. The molecule has 2 saturated heterocycles. The second-order valence-electron chi connectivity index (χ2n) is 6.46. The van der Waals surface area contributed by atoms with Crippen molar-refractivity contribution in [3.05, 3.63) is 12.4 Å². The number of carbonyl (C=O) groups is 1. The molecule has 0 radical (unpaired) electrons. The van der Waals surface area contributed by atoms with Crippen molar-refractivity contribution in [2.75, 3.05) is 45.7 Å². The Labute approximate surface area is 142 Å². The highest BCUT2D eigenvalue weighted by atomic mass is 16.5. The number of rotatable bonds is 6. The number of likely N-dealkylation sites (N-methyl/N-ethyl adjacent to an activating group) is 1. The molecule has 2 fully saturated rings. The van der Waals surface area contributed by atoms with Crippen LogP contribution in [-0.2, 0) is 9.53 Å². The number of carbonyl (C=O) groups excluding carboxylic acids is 1. The summed E-state index contributed by atoms with van der Waals surface area (Å²) < 4.78 is 11.1. The van der Waals surface area contributed by atoms with E-state index in [9.17, 15) is 4.79 Å². The fourth-order valence-electron chi connectivity index (χ4n) is 3.32. The molecule has 0 aromatic carbocycles. The van der Waals surface area contributed by atoms with Crippen molar-refractivity contribution >= 4 is 11.7 Å². The number of hydrogen-bond acceptors (Lipinski definition) is 7. The molecule has 0 spiro atoms. The van der Waals surface area contributed by atoms with Crippen LogP contribution in [0.1, 0.15) is 12.8 Å². The van der Waals surface area contributed by atoms with Gasteiger partial charge in [0.05, 0.1) is 19.3 Å². The zero-order valence-electron chi connectivity index (χ0n) is 14.4. The average molecular weight is 335 g/mol. The molecule has 0 saturated carbocycles. The first kappa shape index (κ1) is 16.9. The summed E-state index contributed by atoms with van der Waals surface area (Å²) in [4.78, 5) is 24.9. The minimum atomic E-state index is -0.381. The van der Waals surface area contributed by atoms with Crippen molar-refractivity contribution in [3.63, 3.8) is 0 Å². The van der Waals surface area contributed by atoms with Crippen LogP contribution >= 0.6 is 0 Å². The maximum Gasteiger partial charge on any atom is 0.249 e. The third kappa shape index (κ3) is 3.59. The monoisotopic (exact) mass is 335 g/mol. The summed E-state index contributed by atoms with van der Waals surface area (Å²) in [7, 11) is 5.55. The van der Waals surface area contributed by atoms with E-state index in [1.54, 1.807) is 7.11 Å². The molecule has 1 amide bonds. The van der Waals surface area contributed by atoms with E-state index in [4.69, 9.17) is 9.47 Å². The molecule has 132 valence electrons. The number of methoxy groups -OCH3 is 1. The summed E-state index contributed by atoms with van der Waals surface area (Å²) in [6.45, 7) is 2.32. The highest BCUT2D eigenvalue weighted by Crippen LogP contribution is 2.35. The Hall–Kier alpha value is -1.93. The van der Waals surface area contributed by atoms with E-state index < -0.39 is 0 Å². The molecule has 0 aliphatic carbocycles. The van der Waals surface area contributed by atoms with Crippen molar-refractivity contribution in [3.8, 4) is 5.88 Å². The zero-order valence-corrected chi connectivity index (χ0v) is 14.4. The molecular weight excluding hydrogens is 310 g/mol. The van der Waals surface area contributed by atoms with E-state index >= 15 is 0 Å². The SMILES string of the molecule is COc1cc(N2CCC3O[C@@H](C(=O)NCCN(C)C)CC32)ncn1. The Balaban J connectivity index is 1.60. The second kappa shape index (κ2) is 7.31. The van der Waals surface area contributed by atoms with Crippen molar-refractivity contribution < 1.29 is 14.3 Å². The highest BCUT2D eigenvalue weighted by Gasteiger charge is 2.46. The summed E-state index contributed by atoms with van der Waals surface area (Å²) in [5, 5.41) is 2.95. The van der Waals surface area contributed by atoms with Gasteiger partial charge in [0, 0.05) is 32.1 Å². The molecule has 8 heteroatoms. The molecule has 8 nitrogen and oxygen atoms in total. The molecule has 3 heterocycles. The fourth-order valence-corrected chi connectivity index (χ4v) is 3.32. The lowest BCUT2D eigenvalue weighted by Crippen LogP contribution is -2.39. The maximum absolute atomic E-state index is 12.3. The van der Waals surface area contributed by atoms with E-state index in [-0.39, 0.29) is 24.2 Å². The van der Waals surface area contributed by atoms with E-state index in [0.29, 0.717) is 18.8 Å². The van der Waals surface area contributed by atoms with Crippen LogP contribution in [0.25, 0.3) is 0 Å². The Morgan fingerprint density at radius 3 is 3.08 bits per heavy atom. The summed E-state index contributed by atoms with van der Waals surface area (Å²) in [6.07, 6.45) is 2.79. The predicted molar refractivity (Wildman–Crippen MR) is 89.2 cm³/mol. The molecule has 0 bridgehead atoms. The van der Waals surface area contributed by atoms with Gasteiger partial charge in [0.1, 0.15) is 18.2 Å². The van der Waals surface area contributed by atoms with Gasteiger partial charge >= 0.3 is 0 Å². The molecular formula is C16H25N5O3. The van der Waals surface area contributed by atoms with Gasteiger partial charge in [-0.2, -0.15) is 0 Å². The molecule has 1 aromatic rings.